The molecule has 7 heteroatoms. The summed E-state index contributed by atoms with van der Waals surface area (Å²) in [6, 6.07) is 14.3. The molecule has 25 heavy (non-hydrogen) atoms. The van der Waals surface area contributed by atoms with Crippen molar-refractivity contribution in [3.8, 4) is 22.8 Å². The first-order valence-electron chi connectivity index (χ1n) is 7.54. The van der Waals surface area contributed by atoms with Gasteiger partial charge in [0, 0.05) is 11.8 Å². The Morgan fingerprint density at radius 3 is 2.72 bits per heavy atom. The molecule has 0 bridgehead atoms. The summed E-state index contributed by atoms with van der Waals surface area (Å²) in [5.74, 6) is 0.357. The molecule has 0 radical (unpaired) electrons. The molecule has 4 rings (SSSR count). The van der Waals surface area contributed by atoms with Crippen LogP contribution < -0.4 is 10.5 Å². The fourth-order valence-electron chi connectivity index (χ4n) is 2.60. The van der Waals surface area contributed by atoms with E-state index in [1.807, 2.05) is 24.3 Å². The van der Waals surface area contributed by atoms with Crippen LogP contribution >= 0.6 is 0 Å². The van der Waals surface area contributed by atoms with Gasteiger partial charge in [-0.1, -0.05) is 24.3 Å². The van der Waals surface area contributed by atoms with E-state index in [0.29, 0.717) is 28.4 Å². The van der Waals surface area contributed by atoms with E-state index < -0.39 is 5.91 Å². The molecule has 7 nitrogen and oxygen atoms in total. The molecule has 0 atom stereocenters. The van der Waals surface area contributed by atoms with Gasteiger partial charge in [-0.3, -0.25) is 9.89 Å². The molecular formula is C18H13N5O2. The van der Waals surface area contributed by atoms with Crippen LogP contribution in [0, 0.1) is 0 Å². The third-order valence-corrected chi connectivity index (χ3v) is 3.74. The minimum Gasteiger partial charge on any atom is -0.456 e. The van der Waals surface area contributed by atoms with E-state index in [-0.39, 0.29) is 5.56 Å². The lowest BCUT2D eigenvalue weighted by Gasteiger charge is -2.13. The van der Waals surface area contributed by atoms with Crippen molar-refractivity contribution >= 4 is 16.9 Å². The van der Waals surface area contributed by atoms with Gasteiger partial charge < -0.3 is 10.5 Å². The number of nitrogens with zero attached hydrogens (tertiary/aromatic N) is 3. The molecule has 1 amide bonds. The molecule has 0 spiro atoms. The number of aromatic nitrogens is 4. The van der Waals surface area contributed by atoms with Crippen molar-refractivity contribution in [1.82, 2.24) is 20.2 Å². The van der Waals surface area contributed by atoms with Gasteiger partial charge >= 0.3 is 0 Å². The highest BCUT2D eigenvalue weighted by Gasteiger charge is 2.20. The van der Waals surface area contributed by atoms with E-state index >= 15 is 0 Å². The van der Waals surface area contributed by atoms with Crippen LogP contribution in [0.3, 0.4) is 0 Å². The first-order valence-corrected chi connectivity index (χ1v) is 7.54. The van der Waals surface area contributed by atoms with E-state index in [1.54, 1.807) is 30.5 Å². The molecule has 2 aromatic heterocycles. The summed E-state index contributed by atoms with van der Waals surface area (Å²) in [5, 5.41) is 7.89. The lowest BCUT2D eigenvalue weighted by molar-refractivity contribution is 0.0998. The zero-order valence-corrected chi connectivity index (χ0v) is 13.0. The van der Waals surface area contributed by atoms with E-state index in [9.17, 15) is 4.79 Å². The molecule has 0 fully saturated rings. The van der Waals surface area contributed by atoms with E-state index in [1.165, 1.54) is 6.33 Å². The predicted octanol–water partition coefficient (Wildman–Crippen LogP) is 2.91. The molecule has 0 unspecified atom stereocenters. The third kappa shape index (κ3) is 2.67. The number of nitrogens with one attached hydrogen (secondary N) is 1. The van der Waals surface area contributed by atoms with E-state index in [0.717, 1.165) is 5.39 Å². The Bertz CT molecular complexity index is 1060. The molecule has 0 saturated heterocycles. The maximum absolute atomic E-state index is 11.9. The van der Waals surface area contributed by atoms with E-state index in [4.69, 9.17) is 10.5 Å². The van der Waals surface area contributed by atoms with Crippen molar-refractivity contribution in [2.45, 2.75) is 0 Å². The molecule has 2 aromatic carbocycles. The van der Waals surface area contributed by atoms with Gasteiger partial charge in [0.25, 0.3) is 5.91 Å². The number of aromatic amines is 1. The zero-order chi connectivity index (χ0) is 17.2. The quantitative estimate of drug-likeness (QED) is 0.598. The number of hydrogen-bond acceptors (Lipinski definition) is 5. The number of fused-ring (bicyclic) bond motifs is 1. The number of carbonyl (C=O) groups excluding carboxylic acids is 1. The Morgan fingerprint density at radius 2 is 1.92 bits per heavy atom. The van der Waals surface area contributed by atoms with E-state index in [2.05, 4.69) is 20.2 Å². The molecule has 0 aliphatic carbocycles. The highest BCUT2D eigenvalue weighted by molar-refractivity contribution is 6.00. The van der Waals surface area contributed by atoms with Crippen molar-refractivity contribution in [2.75, 3.05) is 0 Å². The lowest BCUT2D eigenvalue weighted by Crippen LogP contribution is -2.12. The number of rotatable bonds is 4. The van der Waals surface area contributed by atoms with Crippen LogP contribution in [0.2, 0.25) is 0 Å². The number of carbonyl (C=O) groups is 1. The summed E-state index contributed by atoms with van der Waals surface area (Å²) in [6.07, 6.45) is 3.09. The van der Waals surface area contributed by atoms with Crippen LogP contribution in [-0.4, -0.2) is 26.1 Å². The SMILES string of the molecule is NC(=O)c1cccc(-c2n[nH]c3ncncc23)c1Oc1ccccc1. The van der Waals surface area contributed by atoms with Crippen molar-refractivity contribution < 1.29 is 9.53 Å². The van der Waals surface area contributed by atoms with Gasteiger partial charge in [-0.15, -0.1) is 0 Å². The molecule has 122 valence electrons. The van der Waals surface area contributed by atoms with Crippen LogP contribution in [0.4, 0.5) is 0 Å². The Kier molecular flexibility index (Phi) is 3.59. The number of amides is 1. The number of nitrogens with two attached hydrogens (primary N) is 1. The van der Waals surface area contributed by atoms with Crippen molar-refractivity contribution in [3.05, 3.63) is 66.6 Å². The largest absolute Gasteiger partial charge is 0.456 e. The van der Waals surface area contributed by atoms with Gasteiger partial charge in [-0.05, 0) is 24.3 Å². The van der Waals surface area contributed by atoms with Gasteiger partial charge in [0.1, 0.15) is 23.5 Å². The van der Waals surface area contributed by atoms with Crippen LogP contribution in [0.5, 0.6) is 11.5 Å². The molecule has 0 saturated carbocycles. The standard InChI is InChI=1S/C18H13N5O2/c19-17(24)13-8-4-7-12(16(13)25-11-5-2-1-3-6-11)15-14-9-20-10-21-18(14)23-22-15/h1-10H,(H2,19,24)(H,20,21,22,23). The summed E-state index contributed by atoms with van der Waals surface area (Å²) in [6.45, 7) is 0. The summed E-state index contributed by atoms with van der Waals surface area (Å²) in [4.78, 5) is 20.1. The number of H-pyrrole nitrogens is 1. The van der Waals surface area contributed by atoms with Crippen LogP contribution in [-0.2, 0) is 0 Å². The van der Waals surface area contributed by atoms with Crippen molar-refractivity contribution in [2.24, 2.45) is 5.73 Å². The van der Waals surface area contributed by atoms with Crippen molar-refractivity contribution in [3.63, 3.8) is 0 Å². The van der Waals surface area contributed by atoms with Gasteiger partial charge in [-0.25, -0.2) is 9.97 Å². The maximum Gasteiger partial charge on any atom is 0.252 e. The molecule has 4 aromatic rings. The van der Waals surface area contributed by atoms with Crippen LogP contribution in [0.1, 0.15) is 10.4 Å². The number of para-hydroxylation sites is 2. The highest BCUT2D eigenvalue weighted by atomic mass is 16.5. The van der Waals surface area contributed by atoms with Crippen LogP contribution in [0.15, 0.2) is 61.1 Å². The van der Waals surface area contributed by atoms with Gasteiger partial charge in [0.05, 0.1) is 10.9 Å². The normalized spacial score (nSPS) is 10.7. The number of primary amides is 1. The first kappa shape index (κ1) is 14.8. The molecule has 0 aliphatic rings. The Hall–Kier alpha value is -3.74. The average Bonchev–Trinajstić information content (AvgIpc) is 3.06. The topological polar surface area (TPSA) is 107 Å². The maximum atomic E-state index is 11.9. The molecule has 3 N–H and O–H groups in total. The summed E-state index contributed by atoms with van der Waals surface area (Å²) in [5.41, 5.74) is 7.61. The highest BCUT2D eigenvalue weighted by Crippen LogP contribution is 2.37. The monoisotopic (exact) mass is 331 g/mol. The second-order valence-electron chi connectivity index (χ2n) is 5.32. The Balaban J connectivity index is 1.93. The lowest BCUT2D eigenvalue weighted by atomic mass is 10.0. The fraction of sp³-hybridized carbons (Fsp3) is 0. The third-order valence-electron chi connectivity index (χ3n) is 3.74. The zero-order valence-electron chi connectivity index (χ0n) is 13.0. The second kappa shape index (κ2) is 6.04. The average molecular weight is 331 g/mol. The van der Waals surface area contributed by atoms with Gasteiger partial charge in [0.15, 0.2) is 5.65 Å². The molecular weight excluding hydrogens is 318 g/mol. The Labute approximate surface area is 142 Å². The predicted molar refractivity (Wildman–Crippen MR) is 92.2 cm³/mol. The summed E-state index contributed by atoms with van der Waals surface area (Å²) < 4.78 is 5.98. The van der Waals surface area contributed by atoms with Gasteiger partial charge in [-0.2, -0.15) is 5.10 Å². The van der Waals surface area contributed by atoms with Crippen molar-refractivity contribution in [1.29, 1.82) is 0 Å². The summed E-state index contributed by atoms with van der Waals surface area (Å²) >= 11 is 0. The van der Waals surface area contributed by atoms with Gasteiger partial charge in [0.2, 0.25) is 0 Å². The number of hydrogen-bond donors (Lipinski definition) is 2. The van der Waals surface area contributed by atoms with Crippen LogP contribution in [0.25, 0.3) is 22.3 Å². The fourth-order valence-corrected chi connectivity index (χ4v) is 2.60. The summed E-state index contributed by atoms with van der Waals surface area (Å²) in [7, 11) is 0. The minimum atomic E-state index is -0.580. The number of benzene rings is 2. The number of ether oxygens (including phenoxy) is 1. The molecule has 2 heterocycles. The Morgan fingerprint density at radius 1 is 1.08 bits per heavy atom. The first-order chi connectivity index (χ1) is 12.2. The minimum absolute atomic E-state index is 0.273. The smallest absolute Gasteiger partial charge is 0.252 e. The second-order valence-corrected chi connectivity index (χ2v) is 5.32. The molecule has 0 aliphatic heterocycles.